The summed E-state index contributed by atoms with van der Waals surface area (Å²) in [4.78, 5) is 0. The predicted molar refractivity (Wildman–Crippen MR) is 66.4 cm³/mol. The zero-order valence-electron chi connectivity index (χ0n) is 10.7. The SMILES string of the molecule is CCC1CCN(S(=O)(=O)c2n[nH]c(C)c2CO)C1. The third-order valence-corrected chi connectivity index (χ3v) is 5.44. The van der Waals surface area contributed by atoms with Crippen molar-refractivity contribution >= 4 is 10.0 Å². The second kappa shape index (κ2) is 4.99. The number of nitrogens with one attached hydrogen (secondary N) is 1. The minimum atomic E-state index is -3.57. The number of hydrogen-bond acceptors (Lipinski definition) is 4. The molecule has 1 unspecified atom stereocenters. The van der Waals surface area contributed by atoms with Crippen LogP contribution in [0.3, 0.4) is 0 Å². The molecule has 0 spiro atoms. The quantitative estimate of drug-likeness (QED) is 0.842. The Morgan fingerprint density at radius 2 is 2.28 bits per heavy atom. The number of hydrogen-bond donors (Lipinski definition) is 2. The molecule has 2 rings (SSSR count). The van der Waals surface area contributed by atoms with E-state index >= 15 is 0 Å². The van der Waals surface area contributed by atoms with Crippen LogP contribution in [0.1, 0.15) is 31.0 Å². The largest absolute Gasteiger partial charge is 0.392 e. The van der Waals surface area contributed by atoms with Crippen LogP contribution in [-0.4, -0.2) is 41.1 Å². The monoisotopic (exact) mass is 273 g/mol. The summed E-state index contributed by atoms with van der Waals surface area (Å²) >= 11 is 0. The van der Waals surface area contributed by atoms with Crippen LogP contribution in [0.25, 0.3) is 0 Å². The fourth-order valence-electron chi connectivity index (χ4n) is 2.30. The Balaban J connectivity index is 2.31. The van der Waals surface area contributed by atoms with E-state index in [1.54, 1.807) is 6.92 Å². The first kappa shape index (κ1) is 13.5. The highest BCUT2D eigenvalue weighted by atomic mass is 32.2. The molecule has 1 atom stereocenters. The first-order chi connectivity index (χ1) is 8.50. The van der Waals surface area contributed by atoms with E-state index in [4.69, 9.17) is 0 Å². The molecule has 2 heterocycles. The van der Waals surface area contributed by atoms with Crippen LogP contribution in [-0.2, 0) is 16.6 Å². The number of aromatic amines is 1. The number of nitrogens with zero attached hydrogens (tertiary/aromatic N) is 2. The Hall–Kier alpha value is -0.920. The molecule has 1 aliphatic heterocycles. The number of aryl methyl sites for hydroxylation is 1. The van der Waals surface area contributed by atoms with Crippen molar-refractivity contribution in [1.82, 2.24) is 14.5 Å². The number of sulfonamides is 1. The molecule has 0 amide bonds. The van der Waals surface area contributed by atoms with Gasteiger partial charge in [-0.3, -0.25) is 5.10 Å². The molecule has 0 bridgehead atoms. The van der Waals surface area contributed by atoms with Crippen LogP contribution >= 0.6 is 0 Å². The van der Waals surface area contributed by atoms with Crippen molar-refractivity contribution in [3.63, 3.8) is 0 Å². The molecule has 0 aliphatic carbocycles. The Kier molecular flexibility index (Phi) is 3.74. The molecule has 18 heavy (non-hydrogen) atoms. The van der Waals surface area contributed by atoms with E-state index in [1.807, 2.05) is 0 Å². The van der Waals surface area contributed by atoms with Gasteiger partial charge in [-0.25, -0.2) is 8.42 Å². The summed E-state index contributed by atoms with van der Waals surface area (Å²) < 4.78 is 26.3. The lowest BCUT2D eigenvalue weighted by Gasteiger charge is -2.15. The van der Waals surface area contributed by atoms with E-state index < -0.39 is 10.0 Å². The Bertz CT molecular complexity index is 524. The summed E-state index contributed by atoms with van der Waals surface area (Å²) in [5, 5.41) is 15.7. The average Bonchev–Trinajstić information content (AvgIpc) is 2.95. The second-order valence-electron chi connectivity index (χ2n) is 4.72. The maximum absolute atomic E-state index is 12.4. The highest BCUT2D eigenvalue weighted by molar-refractivity contribution is 7.89. The van der Waals surface area contributed by atoms with Gasteiger partial charge < -0.3 is 5.11 Å². The number of rotatable bonds is 4. The molecule has 7 heteroatoms. The standard InChI is InChI=1S/C11H19N3O3S/c1-3-9-4-5-14(6-9)18(16,17)11-10(7-15)8(2)12-13-11/h9,15H,3-7H2,1-2H3,(H,12,13). The molecule has 1 saturated heterocycles. The van der Waals surface area contributed by atoms with Crippen molar-refractivity contribution in [2.75, 3.05) is 13.1 Å². The smallest absolute Gasteiger partial charge is 0.262 e. The highest BCUT2D eigenvalue weighted by Gasteiger charge is 2.35. The van der Waals surface area contributed by atoms with Gasteiger partial charge in [0.1, 0.15) is 0 Å². The van der Waals surface area contributed by atoms with Crippen LogP contribution < -0.4 is 0 Å². The first-order valence-corrected chi connectivity index (χ1v) is 7.59. The number of H-pyrrole nitrogens is 1. The summed E-state index contributed by atoms with van der Waals surface area (Å²) in [6.07, 6.45) is 1.88. The molecule has 1 aliphatic rings. The van der Waals surface area contributed by atoms with E-state index in [-0.39, 0.29) is 11.6 Å². The zero-order chi connectivity index (χ0) is 13.3. The Morgan fingerprint density at radius 1 is 1.56 bits per heavy atom. The summed E-state index contributed by atoms with van der Waals surface area (Å²) in [5.41, 5.74) is 0.970. The summed E-state index contributed by atoms with van der Waals surface area (Å²) in [5.74, 6) is 0.428. The molecule has 1 aromatic heterocycles. The van der Waals surface area contributed by atoms with Crippen LogP contribution in [0.15, 0.2) is 5.03 Å². The lowest BCUT2D eigenvalue weighted by Crippen LogP contribution is -2.30. The lowest BCUT2D eigenvalue weighted by atomic mass is 10.1. The number of aromatic nitrogens is 2. The zero-order valence-corrected chi connectivity index (χ0v) is 11.5. The number of aliphatic hydroxyl groups excluding tert-OH is 1. The molecule has 2 N–H and O–H groups in total. The van der Waals surface area contributed by atoms with Gasteiger partial charge in [-0.15, -0.1) is 0 Å². The number of aliphatic hydroxyl groups is 1. The molecule has 1 fully saturated rings. The molecular formula is C11H19N3O3S. The van der Waals surface area contributed by atoms with Crippen molar-refractivity contribution in [1.29, 1.82) is 0 Å². The van der Waals surface area contributed by atoms with Crippen molar-refractivity contribution in [3.8, 4) is 0 Å². The fourth-order valence-corrected chi connectivity index (χ4v) is 3.99. The van der Waals surface area contributed by atoms with Crippen molar-refractivity contribution in [2.24, 2.45) is 5.92 Å². The molecule has 6 nitrogen and oxygen atoms in total. The van der Waals surface area contributed by atoms with Crippen molar-refractivity contribution < 1.29 is 13.5 Å². The van der Waals surface area contributed by atoms with Crippen LogP contribution in [0.4, 0.5) is 0 Å². The molecule has 0 saturated carbocycles. The van der Waals surface area contributed by atoms with Gasteiger partial charge in [-0.1, -0.05) is 13.3 Å². The van der Waals surface area contributed by atoms with Gasteiger partial charge in [0.25, 0.3) is 10.0 Å². The van der Waals surface area contributed by atoms with Crippen molar-refractivity contribution in [2.45, 2.75) is 38.3 Å². The van der Waals surface area contributed by atoms with E-state index in [2.05, 4.69) is 17.1 Å². The van der Waals surface area contributed by atoms with Crippen LogP contribution in [0.5, 0.6) is 0 Å². The normalized spacial score (nSPS) is 21.6. The Morgan fingerprint density at radius 3 is 2.83 bits per heavy atom. The minimum Gasteiger partial charge on any atom is -0.392 e. The topological polar surface area (TPSA) is 86.3 Å². The molecule has 0 radical (unpaired) electrons. The van der Waals surface area contributed by atoms with Gasteiger partial charge in [0.15, 0.2) is 5.03 Å². The Labute approximate surface area is 107 Å². The second-order valence-corrected chi connectivity index (χ2v) is 6.57. The summed E-state index contributed by atoms with van der Waals surface area (Å²) in [6, 6.07) is 0. The van der Waals surface area contributed by atoms with E-state index in [0.717, 1.165) is 12.8 Å². The van der Waals surface area contributed by atoms with Gasteiger partial charge >= 0.3 is 0 Å². The molecular weight excluding hydrogens is 254 g/mol. The van der Waals surface area contributed by atoms with Crippen LogP contribution in [0.2, 0.25) is 0 Å². The van der Waals surface area contributed by atoms with Gasteiger partial charge in [0, 0.05) is 24.3 Å². The van der Waals surface area contributed by atoms with Gasteiger partial charge in [0.05, 0.1) is 6.61 Å². The van der Waals surface area contributed by atoms with Crippen LogP contribution in [0, 0.1) is 12.8 Å². The molecule has 1 aromatic rings. The highest BCUT2D eigenvalue weighted by Crippen LogP contribution is 2.27. The lowest BCUT2D eigenvalue weighted by molar-refractivity contribution is 0.277. The predicted octanol–water partition coefficient (Wildman–Crippen LogP) is 0.631. The maximum Gasteiger partial charge on any atom is 0.262 e. The third kappa shape index (κ3) is 2.17. The molecule has 102 valence electrons. The van der Waals surface area contributed by atoms with Gasteiger partial charge in [0.2, 0.25) is 0 Å². The minimum absolute atomic E-state index is 0.0285. The van der Waals surface area contributed by atoms with E-state index in [0.29, 0.717) is 30.3 Å². The van der Waals surface area contributed by atoms with Gasteiger partial charge in [-0.05, 0) is 19.3 Å². The van der Waals surface area contributed by atoms with E-state index in [1.165, 1.54) is 4.31 Å². The first-order valence-electron chi connectivity index (χ1n) is 6.15. The fraction of sp³-hybridized carbons (Fsp3) is 0.727. The molecule has 0 aromatic carbocycles. The van der Waals surface area contributed by atoms with Gasteiger partial charge in [-0.2, -0.15) is 9.40 Å². The van der Waals surface area contributed by atoms with Crippen molar-refractivity contribution in [3.05, 3.63) is 11.3 Å². The average molecular weight is 273 g/mol. The summed E-state index contributed by atoms with van der Waals surface area (Å²) in [6.45, 7) is 4.55. The maximum atomic E-state index is 12.4. The third-order valence-electron chi connectivity index (χ3n) is 3.60. The summed E-state index contributed by atoms with van der Waals surface area (Å²) in [7, 11) is -3.57. The van der Waals surface area contributed by atoms with E-state index in [9.17, 15) is 13.5 Å².